The lowest BCUT2D eigenvalue weighted by Gasteiger charge is -2.34. The van der Waals surface area contributed by atoms with Gasteiger partial charge >= 0.3 is 0 Å². The molecule has 2 rings (SSSR count). The molecule has 18 heavy (non-hydrogen) atoms. The Labute approximate surface area is 106 Å². The number of rotatable bonds is 2. The molecule has 0 saturated carbocycles. The third-order valence-corrected chi connectivity index (χ3v) is 5.08. The number of aliphatic hydroxyl groups is 1. The maximum atomic E-state index is 12.3. The third-order valence-electron chi connectivity index (χ3n) is 3.19. The van der Waals surface area contributed by atoms with Gasteiger partial charge in [-0.2, -0.15) is 4.31 Å². The minimum Gasteiger partial charge on any atom is -0.390 e. The first-order valence-corrected chi connectivity index (χ1v) is 7.19. The van der Waals surface area contributed by atoms with Gasteiger partial charge in [0.2, 0.25) is 10.0 Å². The number of hydrogen-bond donors (Lipinski definition) is 2. The molecule has 0 spiro atoms. The first-order valence-electron chi connectivity index (χ1n) is 5.75. The average molecular weight is 271 g/mol. The van der Waals surface area contributed by atoms with Crippen molar-refractivity contribution in [1.82, 2.24) is 9.29 Å². The molecule has 7 heteroatoms. The summed E-state index contributed by atoms with van der Waals surface area (Å²) in [5.74, 6) is 0.181. The molecule has 0 bridgehead atoms. The zero-order valence-electron chi connectivity index (χ0n) is 10.2. The highest BCUT2D eigenvalue weighted by Gasteiger charge is 2.33. The Balaban J connectivity index is 2.23. The zero-order chi connectivity index (χ0) is 13.4. The van der Waals surface area contributed by atoms with Crippen LogP contribution in [0.25, 0.3) is 0 Å². The minimum absolute atomic E-state index is 0.150. The fourth-order valence-corrected chi connectivity index (χ4v) is 3.41. The van der Waals surface area contributed by atoms with Gasteiger partial charge in [-0.1, -0.05) is 0 Å². The Kier molecular flexibility index (Phi) is 3.31. The molecule has 0 unspecified atom stereocenters. The molecule has 3 N–H and O–H groups in total. The highest BCUT2D eigenvalue weighted by atomic mass is 32.2. The Hall–Kier alpha value is -1.18. The molecule has 1 saturated heterocycles. The van der Waals surface area contributed by atoms with E-state index in [2.05, 4.69) is 4.98 Å². The van der Waals surface area contributed by atoms with Crippen molar-refractivity contribution in [2.24, 2.45) is 0 Å². The second kappa shape index (κ2) is 4.49. The summed E-state index contributed by atoms with van der Waals surface area (Å²) in [6.45, 7) is 2.36. The van der Waals surface area contributed by atoms with Crippen molar-refractivity contribution in [3.05, 3.63) is 18.3 Å². The van der Waals surface area contributed by atoms with Gasteiger partial charge in [0, 0.05) is 25.4 Å². The maximum Gasteiger partial charge on any atom is 0.243 e. The van der Waals surface area contributed by atoms with Crippen molar-refractivity contribution in [2.75, 3.05) is 18.8 Å². The summed E-state index contributed by atoms with van der Waals surface area (Å²) in [4.78, 5) is 3.93. The number of nitrogens with two attached hydrogens (primary N) is 1. The third kappa shape index (κ3) is 2.63. The number of pyridine rings is 1. The fourth-order valence-electron chi connectivity index (χ4n) is 1.95. The van der Waals surface area contributed by atoms with Crippen molar-refractivity contribution in [3.63, 3.8) is 0 Å². The van der Waals surface area contributed by atoms with Gasteiger partial charge in [0.05, 0.1) is 10.5 Å². The van der Waals surface area contributed by atoms with Crippen LogP contribution in [0.1, 0.15) is 19.8 Å². The van der Waals surface area contributed by atoms with E-state index in [0.717, 1.165) is 0 Å². The van der Waals surface area contributed by atoms with Gasteiger partial charge in [-0.05, 0) is 25.8 Å². The topological polar surface area (TPSA) is 96.5 Å². The van der Waals surface area contributed by atoms with Gasteiger partial charge in [0.15, 0.2) is 0 Å². The summed E-state index contributed by atoms with van der Waals surface area (Å²) >= 11 is 0. The van der Waals surface area contributed by atoms with E-state index in [1.54, 1.807) is 6.92 Å². The lowest BCUT2D eigenvalue weighted by atomic mass is 9.95. The Morgan fingerprint density at radius 3 is 2.61 bits per heavy atom. The van der Waals surface area contributed by atoms with Gasteiger partial charge in [0.1, 0.15) is 5.82 Å². The molecule has 0 aromatic carbocycles. The summed E-state index contributed by atoms with van der Waals surface area (Å²) < 4.78 is 26.0. The smallest absolute Gasteiger partial charge is 0.243 e. The van der Waals surface area contributed by atoms with Crippen LogP contribution in [-0.4, -0.2) is 41.5 Å². The number of nitrogen functional groups attached to an aromatic ring is 1. The van der Waals surface area contributed by atoms with E-state index in [9.17, 15) is 13.5 Å². The van der Waals surface area contributed by atoms with Crippen LogP contribution in [0.5, 0.6) is 0 Å². The molecular weight excluding hydrogens is 254 g/mol. The molecular formula is C11H17N3O3S. The second-order valence-electron chi connectivity index (χ2n) is 4.82. The molecule has 1 aliphatic rings. The minimum atomic E-state index is -3.53. The van der Waals surface area contributed by atoms with Crippen LogP contribution in [0.4, 0.5) is 5.82 Å². The molecule has 0 aliphatic carbocycles. The molecule has 1 aromatic rings. The molecule has 1 aromatic heterocycles. The Morgan fingerprint density at radius 2 is 2.06 bits per heavy atom. The molecule has 0 amide bonds. The lowest BCUT2D eigenvalue weighted by Crippen LogP contribution is -2.45. The van der Waals surface area contributed by atoms with E-state index in [-0.39, 0.29) is 10.7 Å². The van der Waals surface area contributed by atoms with Gasteiger partial charge < -0.3 is 10.8 Å². The Bertz CT molecular complexity index is 532. The van der Waals surface area contributed by atoms with Crippen LogP contribution in [-0.2, 0) is 10.0 Å². The average Bonchev–Trinajstić information content (AvgIpc) is 2.28. The first-order chi connectivity index (χ1) is 8.31. The molecule has 6 nitrogen and oxygen atoms in total. The van der Waals surface area contributed by atoms with Gasteiger partial charge in [0.25, 0.3) is 0 Å². The first kappa shape index (κ1) is 13.3. The van der Waals surface area contributed by atoms with Crippen molar-refractivity contribution < 1.29 is 13.5 Å². The van der Waals surface area contributed by atoms with Crippen molar-refractivity contribution in [1.29, 1.82) is 0 Å². The largest absolute Gasteiger partial charge is 0.390 e. The van der Waals surface area contributed by atoms with Gasteiger partial charge in [-0.15, -0.1) is 0 Å². The number of hydrogen-bond acceptors (Lipinski definition) is 5. The van der Waals surface area contributed by atoms with Crippen LogP contribution >= 0.6 is 0 Å². The van der Waals surface area contributed by atoms with E-state index in [4.69, 9.17) is 5.73 Å². The summed E-state index contributed by atoms with van der Waals surface area (Å²) in [5, 5.41) is 9.82. The van der Waals surface area contributed by atoms with Crippen molar-refractivity contribution in [3.8, 4) is 0 Å². The quantitative estimate of drug-likeness (QED) is 0.801. The molecule has 0 atom stereocenters. The van der Waals surface area contributed by atoms with E-state index in [1.165, 1.54) is 22.6 Å². The predicted molar refractivity (Wildman–Crippen MR) is 67.3 cm³/mol. The maximum absolute atomic E-state index is 12.3. The van der Waals surface area contributed by atoms with Gasteiger partial charge in [-0.25, -0.2) is 13.4 Å². The van der Waals surface area contributed by atoms with Crippen LogP contribution in [0.3, 0.4) is 0 Å². The number of aromatic nitrogens is 1. The summed E-state index contributed by atoms with van der Waals surface area (Å²) in [7, 11) is -3.53. The molecule has 2 heterocycles. The highest BCUT2D eigenvalue weighted by Crippen LogP contribution is 2.26. The molecule has 1 fully saturated rings. The molecule has 0 radical (unpaired) electrons. The van der Waals surface area contributed by atoms with Crippen LogP contribution in [0.15, 0.2) is 23.2 Å². The van der Waals surface area contributed by atoms with E-state index >= 15 is 0 Å². The van der Waals surface area contributed by atoms with Crippen LogP contribution in [0.2, 0.25) is 0 Å². The second-order valence-corrected chi connectivity index (χ2v) is 6.76. The molecule has 1 aliphatic heterocycles. The van der Waals surface area contributed by atoms with Crippen LogP contribution in [0, 0.1) is 0 Å². The standard InChI is InChI=1S/C11H17N3O3S/c1-11(15)3-6-14(7-4-11)18(16,17)9-2-5-13-10(12)8-9/h2,5,8,15H,3-4,6-7H2,1H3,(H2,12,13). The normalized spacial score (nSPS) is 20.8. The number of sulfonamides is 1. The monoisotopic (exact) mass is 271 g/mol. The fraction of sp³-hybridized carbons (Fsp3) is 0.545. The summed E-state index contributed by atoms with van der Waals surface area (Å²) in [6, 6.07) is 2.78. The summed E-state index contributed by atoms with van der Waals surface area (Å²) in [5.41, 5.74) is 4.72. The SMILES string of the molecule is CC1(O)CCN(S(=O)(=O)c2ccnc(N)c2)CC1. The van der Waals surface area contributed by atoms with E-state index in [0.29, 0.717) is 25.9 Å². The van der Waals surface area contributed by atoms with E-state index in [1.807, 2.05) is 0 Å². The predicted octanol–water partition coefficient (Wildman–Crippen LogP) is 0.199. The Morgan fingerprint density at radius 1 is 1.44 bits per heavy atom. The van der Waals surface area contributed by atoms with E-state index < -0.39 is 15.6 Å². The molecule has 100 valence electrons. The summed E-state index contributed by atoms with van der Waals surface area (Å²) in [6.07, 6.45) is 2.25. The zero-order valence-corrected chi connectivity index (χ0v) is 11.0. The van der Waals surface area contributed by atoms with Crippen molar-refractivity contribution >= 4 is 15.8 Å². The highest BCUT2D eigenvalue weighted by molar-refractivity contribution is 7.89. The number of nitrogens with zero attached hydrogens (tertiary/aromatic N) is 2. The van der Waals surface area contributed by atoms with Crippen molar-refractivity contribution in [2.45, 2.75) is 30.3 Å². The van der Waals surface area contributed by atoms with Gasteiger partial charge in [-0.3, -0.25) is 0 Å². The number of piperidine rings is 1. The van der Waals surface area contributed by atoms with Crippen LogP contribution < -0.4 is 5.73 Å². The number of anilines is 1. The lowest BCUT2D eigenvalue weighted by molar-refractivity contribution is 0.0126.